The molecule has 12 heteroatoms. The van der Waals surface area contributed by atoms with Gasteiger partial charge in [0.05, 0.1) is 22.3 Å². The summed E-state index contributed by atoms with van der Waals surface area (Å²) in [5, 5.41) is 51.8. The summed E-state index contributed by atoms with van der Waals surface area (Å²) in [6.45, 7) is 13.7. The number of rotatable bonds is 8. The molecule has 4 N–H and O–H groups in total. The van der Waals surface area contributed by atoms with Crippen LogP contribution in [0.1, 0.15) is 140 Å². The van der Waals surface area contributed by atoms with Gasteiger partial charge in [-0.3, -0.25) is 19.6 Å². The van der Waals surface area contributed by atoms with Crippen molar-refractivity contribution in [3.05, 3.63) is 235 Å². The number of benzene rings is 8. The van der Waals surface area contributed by atoms with E-state index in [1.807, 2.05) is 72.8 Å². The molecule has 0 saturated carbocycles. The Kier molecular flexibility index (Phi) is 13.7. The molecule has 0 amide bonds. The number of phenolic OH excluding ortho intramolecular Hbond substituents is 4. The predicted molar refractivity (Wildman–Crippen MR) is 307 cm³/mol. The highest BCUT2D eigenvalue weighted by molar-refractivity contribution is 5.68. The molecule has 0 aromatic heterocycles. The van der Waals surface area contributed by atoms with Crippen molar-refractivity contribution in [3.63, 3.8) is 0 Å². The van der Waals surface area contributed by atoms with Gasteiger partial charge in [0.15, 0.2) is 0 Å². The molecule has 5 aliphatic rings. The number of hydrogen-bond donors (Lipinski definition) is 4. The van der Waals surface area contributed by atoms with Crippen LogP contribution in [0.5, 0.6) is 46.0 Å². The summed E-state index contributed by atoms with van der Waals surface area (Å²) >= 11 is 0. The molecule has 1 aliphatic carbocycles. The molecule has 0 spiro atoms. The van der Waals surface area contributed by atoms with E-state index < -0.39 is 23.7 Å². The average molecular weight is 1070 g/mol. The second kappa shape index (κ2) is 21.2. The van der Waals surface area contributed by atoms with Crippen molar-refractivity contribution in [2.75, 3.05) is 26.9 Å². The summed E-state index contributed by atoms with van der Waals surface area (Å²) in [6.07, 6.45) is 0. The van der Waals surface area contributed by atoms with Gasteiger partial charge in [0.25, 0.3) is 0 Å². The fraction of sp³-hybridized carbons (Fsp3) is 0.294. The van der Waals surface area contributed by atoms with Crippen molar-refractivity contribution in [2.24, 2.45) is 0 Å². The Balaban J connectivity index is 1.03. The standard InChI is InChI=1S/C68H68N4O8/c1-41-49-25-54(66-57(61(49)73)33-69(38-78-66)29-45-17-9-5-10-18-45)43(3)51-27-56(68-59(63(51)75)35-71(40-80-68)31-47-21-13-7-14-22-47)44(4)52-28-55(67-60(64(52)76)36-72(39-79-67)32-48-23-15-8-16-24-48)42(2)50-26-53(41)65-58(62(50)74)34-70(37-77-65)30-46-19-11-6-12-20-46/h5-28,41-44,73-76H,29-40H2,1-4H3/t41-,42-,43-,44-/m0/s1. The lowest BCUT2D eigenvalue weighted by Crippen LogP contribution is -2.33. The van der Waals surface area contributed by atoms with E-state index in [1.165, 1.54) is 0 Å². The first-order valence-corrected chi connectivity index (χ1v) is 28.1. The summed E-state index contributed by atoms with van der Waals surface area (Å²) in [5.74, 6) is 1.06. The van der Waals surface area contributed by atoms with E-state index in [0.29, 0.717) is 147 Å². The van der Waals surface area contributed by atoms with E-state index in [-0.39, 0.29) is 23.0 Å². The Morgan fingerprint density at radius 3 is 0.713 bits per heavy atom. The van der Waals surface area contributed by atoms with Crippen LogP contribution in [0.2, 0.25) is 0 Å². The lowest BCUT2D eigenvalue weighted by atomic mass is 9.78. The highest BCUT2D eigenvalue weighted by Gasteiger charge is 2.39. The van der Waals surface area contributed by atoms with Crippen LogP contribution < -0.4 is 18.9 Å². The largest absolute Gasteiger partial charge is 0.507 e. The summed E-state index contributed by atoms with van der Waals surface area (Å²) in [7, 11) is 0. The normalized spacial score (nSPS) is 19.9. The molecule has 4 atom stereocenters. The molecule has 0 radical (unpaired) electrons. The molecule has 80 heavy (non-hydrogen) atoms. The average Bonchev–Trinajstić information content (AvgIpc) is 3.62. The maximum Gasteiger partial charge on any atom is 0.142 e. The fourth-order valence-corrected chi connectivity index (χ4v) is 13.0. The van der Waals surface area contributed by atoms with Gasteiger partial charge in [0, 0.05) is 121 Å². The number of nitrogens with zero attached hydrogens (tertiary/aromatic N) is 4. The maximum absolute atomic E-state index is 13.0. The van der Waals surface area contributed by atoms with Crippen LogP contribution in [0.3, 0.4) is 0 Å². The Morgan fingerprint density at radius 2 is 0.512 bits per heavy atom. The maximum atomic E-state index is 13.0. The van der Waals surface area contributed by atoms with Crippen molar-refractivity contribution < 1.29 is 39.4 Å². The molecule has 12 nitrogen and oxygen atoms in total. The van der Waals surface area contributed by atoms with Crippen LogP contribution in [0.15, 0.2) is 146 Å². The number of phenols is 4. The first kappa shape index (κ1) is 51.4. The van der Waals surface area contributed by atoms with E-state index >= 15 is 0 Å². The third kappa shape index (κ3) is 9.43. The van der Waals surface area contributed by atoms with Crippen LogP contribution in [0, 0.1) is 0 Å². The zero-order chi connectivity index (χ0) is 54.8. The summed E-state index contributed by atoms with van der Waals surface area (Å²) in [6, 6.07) is 49.4. The highest BCUT2D eigenvalue weighted by atomic mass is 16.5. The summed E-state index contributed by atoms with van der Waals surface area (Å²) < 4.78 is 27.4. The van der Waals surface area contributed by atoms with Crippen LogP contribution in [-0.4, -0.2) is 66.9 Å². The topological polar surface area (TPSA) is 131 Å². The number of hydrogen-bond acceptors (Lipinski definition) is 12. The molecule has 8 aromatic rings. The zero-order valence-electron chi connectivity index (χ0n) is 45.9. The number of ether oxygens (including phenoxy) is 4. The lowest BCUT2D eigenvalue weighted by Gasteiger charge is -2.37. The first-order chi connectivity index (χ1) is 38.9. The molecule has 8 aromatic carbocycles. The number of fused-ring (bicyclic) bond motifs is 16. The van der Waals surface area contributed by atoms with Gasteiger partial charge in [-0.1, -0.05) is 149 Å². The minimum atomic E-state index is -0.468. The molecule has 0 fully saturated rings. The Labute approximate surface area is 468 Å². The number of aromatic hydroxyl groups is 4. The molecule has 13 rings (SSSR count). The van der Waals surface area contributed by atoms with Gasteiger partial charge in [0.2, 0.25) is 0 Å². The SMILES string of the molecule is C[C@H]1c2cc(c3c(c2O)CN(Cc2ccccc2)CO3)[C@@H](C)c2cc(c3c(c2O)CN(Cc2ccccc2)CO3)[C@@H](C)c2cc(c3c(c2O)CN(Cc2ccccc2)CO3)[C@@H](C)c2cc1c1c(c2O)CN(Cc2ccccc2)CO1. The second-order valence-corrected chi connectivity index (χ2v) is 22.7. The second-order valence-electron chi connectivity index (χ2n) is 22.7. The van der Waals surface area contributed by atoms with Gasteiger partial charge in [-0.05, 0) is 46.5 Å². The van der Waals surface area contributed by atoms with Crippen molar-refractivity contribution in [1.29, 1.82) is 0 Å². The van der Waals surface area contributed by atoms with E-state index in [2.05, 4.69) is 120 Å². The van der Waals surface area contributed by atoms with Gasteiger partial charge in [-0.2, -0.15) is 0 Å². The molecule has 8 bridgehead atoms. The molecular weight excluding hydrogens is 1000 g/mol. The lowest BCUT2D eigenvalue weighted by molar-refractivity contribution is 0.0845. The van der Waals surface area contributed by atoms with Crippen molar-refractivity contribution in [3.8, 4) is 46.0 Å². The minimum absolute atomic E-state index is 0.139. The summed E-state index contributed by atoms with van der Waals surface area (Å²) in [5.41, 5.74) is 13.2. The minimum Gasteiger partial charge on any atom is -0.507 e. The van der Waals surface area contributed by atoms with Crippen molar-refractivity contribution >= 4 is 0 Å². The monoisotopic (exact) mass is 1070 g/mol. The molecule has 4 aliphatic heterocycles. The molecule has 408 valence electrons. The van der Waals surface area contributed by atoms with Crippen LogP contribution in [0.4, 0.5) is 0 Å². The van der Waals surface area contributed by atoms with Crippen molar-refractivity contribution in [2.45, 2.75) is 104 Å². The van der Waals surface area contributed by atoms with Crippen LogP contribution in [0.25, 0.3) is 0 Å². The Hall–Kier alpha value is -8.00. The van der Waals surface area contributed by atoms with Crippen molar-refractivity contribution in [1.82, 2.24) is 19.6 Å². The molecule has 0 saturated heterocycles. The van der Waals surface area contributed by atoms with Gasteiger partial charge in [-0.15, -0.1) is 0 Å². The van der Waals surface area contributed by atoms with Gasteiger partial charge >= 0.3 is 0 Å². The van der Waals surface area contributed by atoms with E-state index in [4.69, 9.17) is 18.9 Å². The van der Waals surface area contributed by atoms with E-state index in [9.17, 15) is 20.4 Å². The summed E-state index contributed by atoms with van der Waals surface area (Å²) in [4.78, 5) is 8.77. The third-order valence-corrected chi connectivity index (χ3v) is 17.4. The van der Waals surface area contributed by atoms with Crippen LogP contribution >= 0.6 is 0 Å². The Bertz CT molecular complexity index is 3140. The fourth-order valence-electron chi connectivity index (χ4n) is 13.0. The van der Waals surface area contributed by atoms with Gasteiger partial charge < -0.3 is 39.4 Å². The smallest absolute Gasteiger partial charge is 0.142 e. The van der Waals surface area contributed by atoms with E-state index in [1.54, 1.807) is 0 Å². The van der Waals surface area contributed by atoms with Crippen LogP contribution in [-0.2, 0) is 52.4 Å². The molecular formula is C68H68N4O8. The first-order valence-electron chi connectivity index (χ1n) is 28.1. The Morgan fingerprint density at radius 1 is 0.312 bits per heavy atom. The van der Waals surface area contributed by atoms with Gasteiger partial charge in [-0.25, -0.2) is 0 Å². The third-order valence-electron chi connectivity index (χ3n) is 17.4. The molecule has 0 unspecified atom stereocenters. The van der Waals surface area contributed by atoms with Gasteiger partial charge in [0.1, 0.15) is 72.9 Å². The zero-order valence-corrected chi connectivity index (χ0v) is 45.9. The van der Waals surface area contributed by atoms with E-state index in [0.717, 1.165) is 44.5 Å². The molecule has 4 heterocycles. The predicted octanol–water partition coefficient (Wildman–Crippen LogP) is 12.8. The quantitative estimate of drug-likeness (QED) is 0.116. The highest BCUT2D eigenvalue weighted by Crippen LogP contribution is 2.56.